The van der Waals surface area contributed by atoms with Crippen LogP contribution in [0, 0.1) is 5.92 Å². The molecule has 2 heterocycles. The fourth-order valence-electron chi connectivity index (χ4n) is 3.57. The Hall–Kier alpha value is -1.54. The summed E-state index contributed by atoms with van der Waals surface area (Å²) in [6.07, 6.45) is 6.09. The summed E-state index contributed by atoms with van der Waals surface area (Å²) >= 11 is 0. The van der Waals surface area contributed by atoms with Gasteiger partial charge in [0.2, 0.25) is 0 Å². The van der Waals surface area contributed by atoms with E-state index in [0.29, 0.717) is 25.7 Å². The molecule has 8 nitrogen and oxygen atoms in total. The Balaban J connectivity index is 1.30. The van der Waals surface area contributed by atoms with Crippen LogP contribution in [0.1, 0.15) is 44.9 Å². The topological polar surface area (TPSA) is 89.5 Å². The van der Waals surface area contributed by atoms with Gasteiger partial charge in [-0.2, -0.15) is 0 Å². The normalized spacial score (nSPS) is 32.6. The molecular formula is C18H28O8. The first kappa shape index (κ1) is 19.2. The first-order chi connectivity index (χ1) is 12.7. The molecule has 0 aromatic rings. The van der Waals surface area contributed by atoms with Gasteiger partial charge in [0.1, 0.15) is 13.2 Å². The van der Waals surface area contributed by atoms with Gasteiger partial charge >= 0.3 is 12.3 Å². The van der Waals surface area contributed by atoms with Crippen molar-refractivity contribution in [1.29, 1.82) is 0 Å². The fraction of sp³-hybridized carbons (Fsp3) is 0.889. The molecule has 0 bridgehead atoms. The number of cyclic esters (lactones) is 4. The summed E-state index contributed by atoms with van der Waals surface area (Å²) < 4.78 is 31.2. The van der Waals surface area contributed by atoms with Crippen molar-refractivity contribution in [2.24, 2.45) is 5.92 Å². The smallest absolute Gasteiger partial charge is 0.430 e. The molecule has 3 aliphatic rings. The minimum atomic E-state index is -0.606. The molecule has 1 saturated carbocycles. The van der Waals surface area contributed by atoms with Gasteiger partial charge in [-0.05, 0) is 31.6 Å². The lowest BCUT2D eigenvalue weighted by molar-refractivity contribution is -0.00923. The minimum Gasteiger partial charge on any atom is -0.430 e. The quantitative estimate of drug-likeness (QED) is 0.630. The van der Waals surface area contributed by atoms with Crippen LogP contribution >= 0.6 is 0 Å². The third-order valence-corrected chi connectivity index (χ3v) is 5.00. The molecule has 0 spiro atoms. The lowest BCUT2D eigenvalue weighted by Gasteiger charge is -2.19. The Kier molecular flexibility index (Phi) is 7.37. The third kappa shape index (κ3) is 6.32. The largest absolute Gasteiger partial charge is 0.508 e. The van der Waals surface area contributed by atoms with Gasteiger partial charge in [-0.25, -0.2) is 9.59 Å². The van der Waals surface area contributed by atoms with Crippen molar-refractivity contribution in [2.75, 3.05) is 33.0 Å². The maximum Gasteiger partial charge on any atom is 0.508 e. The molecule has 8 heteroatoms. The molecule has 148 valence electrons. The van der Waals surface area contributed by atoms with Crippen molar-refractivity contribution >= 4 is 12.3 Å². The van der Waals surface area contributed by atoms with Crippen LogP contribution in [-0.2, 0) is 28.4 Å². The summed E-state index contributed by atoms with van der Waals surface area (Å²) in [6, 6.07) is 0. The lowest BCUT2D eigenvalue weighted by Crippen LogP contribution is -2.23. The van der Waals surface area contributed by atoms with Gasteiger partial charge in [-0.15, -0.1) is 0 Å². The van der Waals surface area contributed by atoms with E-state index in [-0.39, 0.29) is 31.5 Å². The first-order valence-corrected chi connectivity index (χ1v) is 9.55. The molecule has 3 rings (SSSR count). The number of carbonyl (C=O) groups excluding carboxylic acids is 2. The highest BCUT2D eigenvalue weighted by molar-refractivity contribution is 5.62. The maximum atomic E-state index is 10.9. The Labute approximate surface area is 153 Å². The Morgan fingerprint density at radius 3 is 2.08 bits per heavy atom. The number of hydrogen-bond acceptors (Lipinski definition) is 8. The van der Waals surface area contributed by atoms with Crippen LogP contribution in [-0.4, -0.2) is 63.7 Å². The van der Waals surface area contributed by atoms with Gasteiger partial charge in [0.25, 0.3) is 0 Å². The highest BCUT2D eigenvalue weighted by Gasteiger charge is 2.27. The monoisotopic (exact) mass is 372 g/mol. The summed E-state index contributed by atoms with van der Waals surface area (Å²) in [7, 11) is 0. The summed E-state index contributed by atoms with van der Waals surface area (Å²) in [4.78, 5) is 21.8. The Morgan fingerprint density at radius 2 is 1.38 bits per heavy atom. The van der Waals surface area contributed by atoms with Gasteiger partial charge in [-0.1, -0.05) is 19.3 Å². The summed E-state index contributed by atoms with van der Waals surface area (Å²) in [5.41, 5.74) is 0. The number of rotatable bonds is 7. The highest BCUT2D eigenvalue weighted by atomic mass is 16.8. The van der Waals surface area contributed by atoms with Crippen molar-refractivity contribution in [3.63, 3.8) is 0 Å². The molecular weight excluding hydrogens is 344 g/mol. The molecule has 26 heavy (non-hydrogen) atoms. The molecule has 2 saturated heterocycles. The van der Waals surface area contributed by atoms with E-state index in [0.717, 1.165) is 44.9 Å². The van der Waals surface area contributed by atoms with Crippen LogP contribution in [0.2, 0.25) is 0 Å². The van der Waals surface area contributed by atoms with Crippen LogP contribution in [0.4, 0.5) is 9.59 Å². The predicted molar refractivity (Wildman–Crippen MR) is 88.8 cm³/mol. The second kappa shape index (κ2) is 9.97. The summed E-state index contributed by atoms with van der Waals surface area (Å²) in [5.74, 6) is 0.524. The van der Waals surface area contributed by atoms with Gasteiger partial charge < -0.3 is 28.4 Å². The third-order valence-electron chi connectivity index (χ3n) is 5.00. The summed E-state index contributed by atoms with van der Waals surface area (Å²) in [6.45, 7) is 2.06. The number of carbonyl (C=O) groups is 2. The van der Waals surface area contributed by atoms with E-state index in [1.807, 2.05) is 0 Å². The predicted octanol–water partition coefficient (Wildman–Crippen LogP) is 2.82. The van der Waals surface area contributed by atoms with Crippen LogP contribution in [0.5, 0.6) is 0 Å². The van der Waals surface area contributed by atoms with Crippen molar-refractivity contribution in [2.45, 2.75) is 63.3 Å². The van der Waals surface area contributed by atoms with Gasteiger partial charge in [0.15, 0.2) is 12.2 Å². The van der Waals surface area contributed by atoms with Crippen LogP contribution in [0.3, 0.4) is 0 Å². The minimum absolute atomic E-state index is 0.212. The van der Waals surface area contributed by atoms with Crippen LogP contribution in [0.15, 0.2) is 0 Å². The molecule has 3 fully saturated rings. The van der Waals surface area contributed by atoms with E-state index in [1.54, 1.807) is 0 Å². The van der Waals surface area contributed by atoms with E-state index in [4.69, 9.17) is 28.4 Å². The highest BCUT2D eigenvalue weighted by Crippen LogP contribution is 2.24. The summed E-state index contributed by atoms with van der Waals surface area (Å²) in [5, 5.41) is 0. The molecule has 4 unspecified atom stereocenters. The van der Waals surface area contributed by atoms with E-state index in [2.05, 4.69) is 0 Å². The Bertz CT molecular complexity index is 468. The maximum absolute atomic E-state index is 10.9. The molecule has 0 N–H and O–H groups in total. The zero-order valence-corrected chi connectivity index (χ0v) is 15.1. The van der Waals surface area contributed by atoms with Crippen molar-refractivity contribution in [3.8, 4) is 0 Å². The van der Waals surface area contributed by atoms with Crippen molar-refractivity contribution in [3.05, 3.63) is 0 Å². The first-order valence-electron chi connectivity index (χ1n) is 9.55. The van der Waals surface area contributed by atoms with E-state index in [9.17, 15) is 9.59 Å². The zero-order chi connectivity index (χ0) is 18.2. The Morgan fingerprint density at radius 1 is 0.769 bits per heavy atom. The average molecular weight is 372 g/mol. The van der Waals surface area contributed by atoms with Gasteiger partial charge in [-0.3, -0.25) is 0 Å². The zero-order valence-electron chi connectivity index (χ0n) is 15.1. The van der Waals surface area contributed by atoms with Gasteiger partial charge in [0.05, 0.1) is 19.3 Å². The average Bonchev–Trinajstić information content (AvgIpc) is 3.24. The number of ether oxygens (including phenoxy) is 6. The fourth-order valence-corrected chi connectivity index (χ4v) is 3.57. The second-order valence-corrected chi connectivity index (χ2v) is 7.18. The van der Waals surface area contributed by atoms with Crippen LogP contribution in [0.25, 0.3) is 0 Å². The molecule has 0 amide bonds. The molecule has 0 radical (unpaired) electrons. The molecule has 1 aliphatic carbocycles. The molecule has 0 aromatic carbocycles. The molecule has 4 atom stereocenters. The van der Waals surface area contributed by atoms with E-state index >= 15 is 0 Å². The van der Waals surface area contributed by atoms with Crippen LogP contribution < -0.4 is 0 Å². The van der Waals surface area contributed by atoms with Gasteiger partial charge in [0, 0.05) is 6.61 Å². The SMILES string of the molecule is O=C1OCC(COCC2CCCCC(OCC3COC(=O)O3)CCC2)O1. The standard InChI is InChI=1S/C18H28O8/c19-17-23-11-15(25-17)9-21-8-13-4-1-2-6-14(7-3-5-13)22-10-16-12-24-18(20)26-16/h13-16H,1-12H2. The van der Waals surface area contributed by atoms with E-state index in [1.165, 1.54) is 0 Å². The van der Waals surface area contributed by atoms with Crippen molar-refractivity contribution in [1.82, 2.24) is 0 Å². The van der Waals surface area contributed by atoms with E-state index < -0.39 is 12.3 Å². The molecule has 2 aliphatic heterocycles. The second-order valence-electron chi connectivity index (χ2n) is 7.18. The lowest BCUT2D eigenvalue weighted by atomic mass is 9.98. The number of hydrogen-bond donors (Lipinski definition) is 0. The molecule has 0 aromatic heterocycles. The van der Waals surface area contributed by atoms with Crippen molar-refractivity contribution < 1.29 is 38.0 Å².